The van der Waals surface area contributed by atoms with Gasteiger partial charge in [-0.1, -0.05) is 6.92 Å². The second kappa shape index (κ2) is 9.51. The van der Waals surface area contributed by atoms with Crippen molar-refractivity contribution in [3.8, 4) is 0 Å². The van der Waals surface area contributed by atoms with Gasteiger partial charge in [-0.05, 0) is 64.3 Å². The Morgan fingerprint density at radius 1 is 1.23 bits per heavy atom. The van der Waals surface area contributed by atoms with Gasteiger partial charge in [-0.3, -0.25) is 4.79 Å². The molecule has 3 aliphatic rings. The molecule has 1 saturated carbocycles. The fourth-order valence-electron chi connectivity index (χ4n) is 4.88. The Labute approximate surface area is 205 Å². The Morgan fingerprint density at radius 3 is 2.46 bits per heavy atom. The summed E-state index contributed by atoms with van der Waals surface area (Å²) in [5, 5.41) is 8.79. The van der Waals surface area contributed by atoms with Crippen LogP contribution in [0.1, 0.15) is 58.6 Å². The van der Waals surface area contributed by atoms with E-state index >= 15 is 4.39 Å². The third-order valence-electron chi connectivity index (χ3n) is 6.73. The predicted octanol–water partition coefficient (Wildman–Crippen LogP) is 4.52. The lowest BCUT2D eigenvalue weighted by atomic mass is 9.82. The number of nitrogens with zero attached hydrogens (tertiary/aromatic N) is 2. The minimum absolute atomic E-state index is 0.0839. The first-order valence-electron chi connectivity index (χ1n) is 12.3. The number of aromatic nitrogens is 1. The van der Waals surface area contributed by atoms with Crippen LogP contribution < -0.4 is 0 Å². The van der Waals surface area contributed by atoms with E-state index in [2.05, 4.69) is 4.98 Å². The number of ether oxygens (including phenoxy) is 2. The van der Waals surface area contributed by atoms with Crippen molar-refractivity contribution in [3.63, 3.8) is 0 Å². The number of piperazine rings is 1. The first-order valence-corrected chi connectivity index (χ1v) is 12.3. The van der Waals surface area contributed by atoms with E-state index in [4.69, 9.17) is 14.9 Å². The minimum atomic E-state index is -1.47. The number of carbonyl (C=O) groups excluding carboxylic acids is 2. The van der Waals surface area contributed by atoms with Crippen LogP contribution in [0.2, 0.25) is 0 Å². The van der Waals surface area contributed by atoms with Crippen LogP contribution in [0.4, 0.5) is 9.18 Å². The van der Waals surface area contributed by atoms with Gasteiger partial charge in [0.2, 0.25) is 0 Å². The number of H-pyrrole nitrogens is 1. The van der Waals surface area contributed by atoms with E-state index in [-0.39, 0.29) is 17.3 Å². The molecule has 0 bridgehead atoms. The maximum atomic E-state index is 15.5. The van der Waals surface area contributed by atoms with Gasteiger partial charge in [0.25, 0.3) is 0 Å². The summed E-state index contributed by atoms with van der Waals surface area (Å²) < 4.78 is 27.2. The number of hydrogen-bond donors (Lipinski definition) is 2. The van der Waals surface area contributed by atoms with Crippen LogP contribution in [0.5, 0.6) is 0 Å². The average molecular weight is 487 g/mol. The molecule has 2 aliphatic carbocycles. The molecule has 2 unspecified atom stereocenters. The fraction of sp³-hybridized carbons (Fsp3) is 0.577. The fourth-order valence-corrected chi connectivity index (χ4v) is 4.88. The standard InChI is InChI=1S/C26H35FN4O4/c1-5-18(20-7-6-12-29-20)23(32)34-26(17-8-9-17)21(28)11-10-19(27)22(26)30-13-15-31(16-14-30)24(33)35-25(2,3)4/h6-7,10-12,17-18,28-29H,5,8-9,13-16H2,1-4H3. The third-order valence-corrected chi connectivity index (χ3v) is 6.73. The quantitative estimate of drug-likeness (QED) is 0.576. The Bertz CT molecular complexity index is 1030. The van der Waals surface area contributed by atoms with Crippen LogP contribution in [0.3, 0.4) is 0 Å². The highest BCUT2D eigenvalue weighted by atomic mass is 19.1. The van der Waals surface area contributed by atoms with E-state index in [0.29, 0.717) is 32.6 Å². The molecule has 4 rings (SSSR count). The molecule has 0 radical (unpaired) electrons. The number of aromatic amines is 1. The molecule has 2 N–H and O–H groups in total. The normalized spacial score (nSPS) is 24.0. The summed E-state index contributed by atoms with van der Waals surface area (Å²) in [6.07, 6.45) is 6.03. The Kier molecular flexibility index (Phi) is 6.79. The summed E-state index contributed by atoms with van der Waals surface area (Å²) in [6, 6.07) is 3.65. The largest absolute Gasteiger partial charge is 0.445 e. The number of carbonyl (C=O) groups is 2. The minimum Gasteiger partial charge on any atom is -0.445 e. The predicted molar refractivity (Wildman–Crippen MR) is 130 cm³/mol. The average Bonchev–Trinajstić information content (AvgIpc) is 3.52. The lowest BCUT2D eigenvalue weighted by Gasteiger charge is -2.46. The summed E-state index contributed by atoms with van der Waals surface area (Å²) in [4.78, 5) is 32.5. The third kappa shape index (κ3) is 4.99. The molecule has 8 nitrogen and oxygen atoms in total. The van der Waals surface area contributed by atoms with Crippen molar-refractivity contribution in [2.24, 2.45) is 5.92 Å². The van der Waals surface area contributed by atoms with E-state index in [1.807, 2.05) is 44.7 Å². The number of rotatable bonds is 6. The number of halogens is 1. The van der Waals surface area contributed by atoms with Crippen molar-refractivity contribution in [1.29, 1.82) is 5.41 Å². The molecule has 1 aliphatic heterocycles. The van der Waals surface area contributed by atoms with E-state index in [0.717, 1.165) is 18.5 Å². The molecular formula is C26H35FN4O4. The van der Waals surface area contributed by atoms with Crippen molar-refractivity contribution in [2.45, 2.75) is 64.1 Å². The van der Waals surface area contributed by atoms with E-state index in [1.165, 1.54) is 12.2 Å². The number of esters is 1. The van der Waals surface area contributed by atoms with E-state index in [9.17, 15) is 9.59 Å². The van der Waals surface area contributed by atoms with Gasteiger partial charge in [0, 0.05) is 44.0 Å². The molecule has 0 spiro atoms. The van der Waals surface area contributed by atoms with Gasteiger partial charge in [-0.2, -0.15) is 0 Å². The van der Waals surface area contributed by atoms with Crippen molar-refractivity contribution in [3.05, 3.63) is 47.7 Å². The van der Waals surface area contributed by atoms with Crippen LogP contribution in [0.15, 0.2) is 42.0 Å². The lowest BCUT2D eigenvalue weighted by molar-refractivity contribution is -0.156. The molecule has 1 amide bonds. The molecule has 1 saturated heterocycles. The second-order valence-corrected chi connectivity index (χ2v) is 10.4. The van der Waals surface area contributed by atoms with Gasteiger partial charge >= 0.3 is 12.1 Å². The number of hydrogen-bond acceptors (Lipinski definition) is 6. The monoisotopic (exact) mass is 486 g/mol. The summed E-state index contributed by atoms with van der Waals surface area (Å²) in [5.41, 5.74) is -1.02. The summed E-state index contributed by atoms with van der Waals surface area (Å²) >= 11 is 0. The lowest BCUT2D eigenvalue weighted by Crippen LogP contribution is -2.57. The highest BCUT2D eigenvalue weighted by Crippen LogP contribution is 2.51. The van der Waals surface area contributed by atoms with Crippen molar-refractivity contribution in [2.75, 3.05) is 26.2 Å². The second-order valence-electron chi connectivity index (χ2n) is 10.4. The van der Waals surface area contributed by atoms with Crippen LogP contribution in [-0.2, 0) is 14.3 Å². The first-order chi connectivity index (χ1) is 16.6. The van der Waals surface area contributed by atoms with Crippen LogP contribution in [0.25, 0.3) is 0 Å². The maximum Gasteiger partial charge on any atom is 0.410 e. The SMILES string of the molecule is CCC(C(=O)OC1(C2CC2)C(=N)C=CC(F)=C1N1CCN(C(=O)OC(C)(C)C)CC1)c1ccc[nH]1. The van der Waals surface area contributed by atoms with Crippen LogP contribution >= 0.6 is 0 Å². The van der Waals surface area contributed by atoms with Gasteiger partial charge < -0.3 is 29.7 Å². The molecule has 190 valence electrons. The number of amides is 1. The van der Waals surface area contributed by atoms with Crippen LogP contribution in [-0.4, -0.2) is 69.9 Å². The molecule has 2 atom stereocenters. The molecule has 1 aromatic heterocycles. The molecule has 2 heterocycles. The van der Waals surface area contributed by atoms with Gasteiger partial charge in [-0.25, -0.2) is 9.18 Å². The molecule has 0 aromatic carbocycles. The summed E-state index contributed by atoms with van der Waals surface area (Å²) in [6.45, 7) is 8.74. The van der Waals surface area contributed by atoms with Gasteiger partial charge in [0.15, 0.2) is 5.60 Å². The van der Waals surface area contributed by atoms with Crippen molar-refractivity contribution < 1.29 is 23.5 Å². The number of allylic oxidation sites excluding steroid dienone is 2. The van der Waals surface area contributed by atoms with Crippen molar-refractivity contribution in [1.82, 2.24) is 14.8 Å². The zero-order valence-electron chi connectivity index (χ0n) is 20.9. The van der Waals surface area contributed by atoms with Crippen molar-refractivity contribution >= 4 is 17.8 Å². The van der Waals surface area contributed by atoms with Crippen LogP contribution in [0, 0.1) is 11.3 Å². The molecule has 9 heteroatoms. The Balaban J connectivity index is 1.59. The Morgan fingerprint density at radius 2 is 1.91 bits per heavy atom. The highest BCUT2D eigenvalue weighted by Gasteiger charge is 2.58. The molecule has 2 fully saturated rings. The zero-order chi connectivity index (χ0) is 25.4. The first kappa shape index (κ1) is 25.0. The maximum absolute atomic E-state index is 15.5. The highest BCUT2D eigenvalue weighted by molar-refractivity contribution is 6.05. The Hall–Kier alpha value is -3.10. The smallest absolute Gasteiger partial charge is 0.410 e. The van der Waals surface area contributed by atoms with Gasteiger partial charge in [0.05, 0.1) is 11.6 Å². The van der Waals surface area contributed by atoms with E-state index in [1.54, 1.807) is 11.1 Å². The molecule has 35 heavy (non-hydrogen) atoms. The van der Waals surface area contributed by atoms with Gasteiger partial charge in [-0.15, -0.1) is 0 Å². The van der Waals surface area contributed by atoms with E-state index < -0.39 is 35.0 Å². The molecule has 1 aromatic rings. The topological polar surface area (TPSA) is 98.7 Å². The molecular weight excluding hydrogens is 451 g/mol. The summed E-state index contributed by atoms with van der Waals surface area (Å²) in [7, 11) is 0. The van der Waals surface area contributed by atoms with Gasteiger partial charge in [0.1, 0.15) is 17.1 Å². The number of nitrogens with one attached hydrogen (secondary N) is 2. The zero-order valence-corrected chi connectivity index (χ0v) is 20.9. The summed E-state index contributed by atoms with van der Waals surface area (Å²) in [5.74, 6) is -1.67.